The molecular weight excluding hydrogens is 350 g/mol. The summed E-state index contributed by atoms with van der Waals surface area (Å²) >= 11 is 0. The van der Waals surface area contributed by atoms with Gasteiger partial charge in [-0.05, 0) is 62.0 Å². The van der Waals surface area contributed by atoms with Crippen LogP contribution in [0.5, 0.6) is 0 Å². The van der Waals surface area contributed by atoms with E-state index in [1.165, 1.54) is 24.0 Å². The second-order valence-electron chi connectivity index (χ2n) is 7.52. The van der Waals surface area contributed by atoms with Crippen LogP contribution >= 0.6 is 0 Å². The van der Waals surface area contributed by atoms with Crippen LogP contribution in [0.3, 0.4) is 0 Å². The molecule has 0 bridgehead atoms. The van der Waals surface area contributed by atoms with Gasteiger partial charge in [0.2, 0.25) is 5.82 Å². The lowest BCUT2D eigenvalue weighted by atomic mass is 9.99. The summed E-state index contributed by atoms with van der Waals surface area (Å²) in [5.74, 6) is 0.856. The van der Waals surface area contributed by atoms with E-state index < -0.39 is 0 Å². The molecule has 144 valence electrons. The highest BCUT2D eigenvalue weighted by molar-refractivity contribution is 5.91. The second-order valence-corrected chi connectivity index (χ2v) is 7.52. The molecular formula is C22H25N5O. The number of fused-ring (bicyclic) bond motifs is 1. The monoisotopic (exact) mass is 375 g/mol. The van der Waals surface area contributed by atoms with Gasteiger partial charge in [-0.1, -0.05) is 12.1 Å². The van der Waals surface area contributed by atoms with Gasteiger partial charge in [-0.25, -0.2) is 9.97 Å². The maximum Gasteiger partial charge on any atom is 0.234 e. The van der Waals surface area contributed by atoms with Crippen LogP contribution in [0.25, 0.3) is 22.3 Å². The highest BCUT2D eigenvalue weighted by Gasteiger charge is 2.15. The Morgan fingerprint density at radius 2 is 2.07 bits per heavy atom. The second kappa shape index (κ2) is 8.09. The van der Waals surface area contributed by atoms with E-state index >= 15 is 0 Å². The number of aromatic nitrogens is 3. The number of hydrogen-bond acceptors (Lipinski definition) is 5. The number of hydrogen-bond donors (Lipinski definition) is 1. The maximum absolute atomic E-state index is 9.30. The number of benzene rings is 1. The molecule has 1 aromatic carbocycles. The van der Waals surface area contributed by atoms with Crippen LogP contribution in [-0.4, -0.2) is 34.2 Å². The third-order valence-corrected chi connectivity index (χ3v) is 5.51. The number of rotatable bonds is 5. The molecule has 1 N–H and O–H groups in total. The lowest BCUT2D eigenvalue weighted by molar-refractivity contribution is 0.0761. The minimum absolute atomic E-state index is 0.191. The van der Waals surface area contributed by atoms with Crippen molar-refractivity contribution in [2.45, 2.75) is 26.4 Å². The van der Waals surface area contributed by atoms with Crippen LogP contribution in [0.15, 0.2) is 30.5 Å². The molecule has 1 aliphatic heterocycles. The summed E-state index contributed by atoms with van der Waals surface area (Å²) in [6.07, 6.45) is 4.33. The van der Waals surface area contributed by atoms with Crippen LogP contribution in [0, 0.1) is 24.2 Å². The van der Waals surface area contributed by atoms with E-state index in [1.807, 2.05) is 23.9 Å². The van der Waals surface area contributed by atoms with E-state index in [9.17, 15) is 5.26 Å². The van der Waals surface area contributed by atoms with Crippen LogP contribution in [0.1, 0.15) is 29.8 Å². The first-order valence-corrected chi connectivity index (χ1v) is 9.77. The number of nitrogens with one attached hydrogen (secondary N) is 1. The largest absolute Gasteiger partial charge is 0.376 e. The maximum atomic E-state index is 9.30. The molecule has 0 unspecified atom stereocenters. The highest BCUT2D eigenvalue weighted by Crippen LogP contribution is 2.28. The molecule has 2 aromatic heterocycles. The van der Waals surface area contributed by atoms with Crippen molar-refractivity contribution in [3.05, 3.63) is 47.4 Å². The third-order valence-electron chi connectivity index (χ3n) is 5.51. The Balaban J connectivity index is 1.55. The van der Waals surface area contributed by atoms with E-state index in [1.54, 1.807) is 0 Å². The van der Waals surface area contributed by atoms with Gasteiger partial charge in [0.1, 0.15) is 11.7 Å². The zero-order valence-electron chi connectivity index (χ0n) is 16.4. The summed E-state index contributed by atoms with van der Waals surface area (Å²) in [4.78, 5) is 8.80. The first-order chi connectivity index (χ1) is 13.7. The van der Waals surface area contributed by atoms with E-state index in [0.29, 0.717) is 12.5 Å². The van der Waals surface area contributed by atoms with Gasteiger partial charge < -0.3 is 14.6 Å². The average Bonchev–Trinajstić information content (AvgIpc) is 3.10. The molecule has 0 atom stereocenters. The predicted molar refractivity (Wildman–Crippen MR) is 109 cm³/mol. The minimum atomic E-state index is 0.191. The molecule has 0 spiro atoms. The smallest absolute Gasteiger partial charge is 0.234 e. The molecule has 6 heteroatoms. The van der Waals surface area contributed by atoms with Crippen molar-refractivity contribution in [3.8, 4) is 17.3 Å². The number of piperidine rings is 1. The van der Waals surface area contributed by atoms with Crippen LogP contribution in [-0.2, 0) is 18.4 Å². The van der Waals surface area contributed by atoms with Crippen LogP contribution < -0.4 is 5.32 Å². The minimum Gasteiger partial charge on any atom is -0.376 e. The van der Waals surface area contributed by atoms with Gasteiger partial charge in [-0.3, -0.25) is 0 Å². The Morgan fingerprint density at radius 1 is 1.25 bits per heavy atom. The lowest BCUT2D eigenvalue weighted by Crippen LogP contribution is -2.29. The van der Waals surface area contributed by atoms with Crippen molar-refractivity contribution in [1.82, 2.24) is 19.9 Å². The molecule has 0 saturated carbocycles. The van der Waals surface area contributed by atoms with Crippen molar-refractivity contribution in [2.24, 2.45) is 13.0 Å². The standard InChI is InChI=1S/C22H25N5O/c1-15-11-17(3-4-18(15)14-28-13-16-5-8-24-9-6-16)21-19-7-10-27(2)22(19)26-20(12-23)25-21/h3-4,7,10-11,16,24H,5-6,8-9,13-14H2,1-2H3. The summed E-state index contributed by atoms with van der Waals surface area (Å²) < 4.78 is 7.91. The first kappa shape index (κ1) is 18.6. The van der Waals surface area contributed by atoms with Crippen molar-refractivity contribution >= 4 is 11.0 Å². The van der Waals surface area contributed by atoms with Gasteiger partial charge in [0, 0.05) is 30.8 Å². The molecule has 1 saturated heterocycles. The van der Waals surface area contributed by atoms with Crippen LogP contribution in [0.4, 0.5) is 0 Å². The molecule has 0 radical (unpaired) electrons. The summed E-state index contributed by atoms with van der Waals surface area (Å²) in [7, 11) is 1.92. The number of ether oxygens (including phenoxy) is 1. The molecule has 3 aromatic rings. The Morgan fingerprint density at radius 3 is 2.82 bits per heavy atom. The molecule has 4 rings (SSSR count). The van der Waals surface area contributed by atoms with E-state index in [2.05, 4.69) is 46.5 Å². The zero-order valence-corrected chi connectivity index (χ0v) is 16.4. The van der Waals surface area contributed by atoms with Gasteiger partial charge in [0.05, 0.1) is 12.3 Å². The van der Waals surface area contributed by atoms with Crippen molar-refractivity contribution in [2.75, 3.05) is 19.7 Å². The van der Waals surface area contributed by atoms with E-state index in [-0.39, 0.29) is 5.82 Å². The molecule has 3 heterocycles. The van der Waals surface area contributed by atoms with Gasteiger partial charge in [-0.2, -0.15) is 5.26 Å². The fourth-order valence-corrected chi connectivity index (χ4v) is 3.80. The molecule has 28 heavy (non-hydrogen) atoms. The summed E-state index contributed by atoms with van der Waals surface area (Å²) in [5, 5.41) is 13.6. The Hall–Kier alpha value is -2.75. The number of nitrogens with zero attached hydrogens (tertiary/aromatic N) is 4. The van der Waals surface area contributed by atoms with Gasteiger partial charge in [0.15, 0.2) is 0 Å². The molecule has 1 aliphatic rings. The average molecular weight is 375 g/mol. The molecule has 1 fully saturated rings. The Bertz CT molecular complexity index is 1030. The van der Waals surface area contributed by atoms with Crippen molar-refractivity contribution < 1.29 is 4.74 Å². The van der Waals surface area contributed by atoms with Crippen LogP contribution in [0.2, 0.25) is 0 Å². The quantitative estimate of drug-likeness (QED) is 0.740. The fourth-order valence-electron chi connectivity index (χ4n) is 3.80. The molecule has 0 amide bonds. The summed E-state index contributed by atoms with van der Waals surface area (Å²) in [6.45, 7) is 5.74. The number of aryl methyl sites for hydroxylation is 2. The Labute approximate surface area is 165 Å². The SMILES string of the molecule is Cc1cc(-c2nc(C#N)nc3c2ccn3C)ccc1COCC1CCNCC1. The highest BCUT2D eigenvalue weighted by atomic mass is 16.5. The van der Waals surface area contributed by atoms with Crippen molar-refractivity contribution in [1.29, 1.82) is 5.26 Å². The summed E-state index contributed by atoms with van der Waals surface area (Å²) in [6, 6.07) is 10.4. The third kappa shape index (κ3) is 3.77. The van der Waals surface area contributed by atoms with Gasteiger partial charge in [-0.15, -0.1) is 0 Å². The normalized spacial score (nSPS) is 15.0. The summed E-state index contributed by atoms with van der Waals surface area (Å²) in [5.41, 5.74) is 4.93. The Kier molecular flexibility index (Phi) is 5.38. The first-order valence-electron chi connectivity index (χ1n) is 9.77. The van der Waals surface area contributed by atoms with Gasteiger partial charge in [0.25, 0.3) is 0 Å². The fraction of sp³-hybridized carbons (Fsp3) is 0.409. The topological polar surface area (TPSA) is 75.8 Å². The lowest BCUT2D eigenvalue weighted by Gasteiger charge is -2.22. The van der Waals surface area contributed by atoms with Gasteiger partial charge >= 0.3 is 0 Å². The molecule has 0 aliphatic carbocycles. The van der Waals surface area contributed by atoms with E-state index in [4.69, 9.17) is 4.74 Å². The van der Waals surface area contributed by atoms with Crippen molar-refractivity contribution in [3.63, 3.8) is 0 Å². The zero-order chi connectivity index (χ0) is 19.5. The molecule has 6 nitrogen and oxygen atoms in total. The van der Waals surface area contributed by atoms with E-state index in [0.717, 1.165) is 42.0 Å². The number of nitriles is 1. The predicted octanol–water partition coefficient (Wildman–Crippen LogP) is 3.33.